The lowest BCUT2D eigenvalue weighted by atomic mass is 10.2. The Balaban J connectivity index is 1.97. The van der Waals surface area contributed by atoms with Crippen molar-refractivity contribution < 1.29 is 9.47 Å². The largest absolute Gasteiger partial charge is 0.497 e. The zero-order chi connectivity index (χ0) is 18.9. The van der Waals surface area contributed by atoms with Crippen LogP contribution in [0, 0.1) is 13.8 Å². The molecule has 1 heterocycles. The molecule has 0 unspecified atom stereocenters. The first kappa shape index (κ1) is 20.2. The van der Waals surface area contributed by atoms with Gasteiger partial charge in [0.1, 0.15) is 5.75 Å². The summed E-state index contributed by atoms with van der Waals surface area (Å²) in [6.07, 6.45) is 0.919. The van der Waals surface area contributed by atoms with Gasteiger partial charge in [0, 0.05) is 19.8 Å². The SMILES string of the molecule is CCOCCCNC(=S)Nc1c(C)nn(Cc2cccc(OC)c2)c1C. The van der Waals surface area contributed by atoms with Gasteiger partial charge in [-0.3, -0.25) is 4.68 Å². The van der Waals surface area contributed by atoms with Crippen molar-refractivity contribution in [1.29, 1.82) is 0 Å². The lowest BCUT2D eigenvalue weighted by molar-refractivity contribution is 0.146. The van der Waals surface area contributed by atoms with Crippen molar-refractivity contribution in [3.63, 3.8) is 0 Å². The molecule has 0 aliphatic heterocycles. The smallest absolute Gasteiger partial charge is 0.170 e. The van der Waals surface area contributed by atoms with Gasteiger partial charge in [-0.1, -0.05) is 12.1 Å². The Morgan fingerprint density at radius 1 is 1.31 bits per heavy atom. The van der Waals surface area contributed by atoms with Gasteiger partial charge >= 0.3 is 0 Å². The lowest BCUT2D eigenvalue weighted by Gasteiger charge is -2.11. The third kappa shape index (κ3) is 5.71. The number of benzene rings is 1. The Hall–Kier alpha value is -2.12. The van der Waals surface area contributed by atoms with Crippen LogP contribution in [-0.2, 0) is 11.3 Å². The Labute approximate surface area is 160 Å². The van der Waals surface area contributed by atoms with Crippen LogP contribution in [0.1, 0.15) is 30.3 Å². The first-order valence-corrected chi connectivity index (χ1v) is 9.25. The highest BCUT2D eigenvalue weighted by atomic mass is 32.1. The summed E-state index contributed by atoms with van der Waals surface area (Å²) < 4.78 is 12.6. The number of hydrogen-bond donors (Lipinski definition) is 2. The standard InChI is InChI=1S/C19H28N4O2S/c1-5-25-11-7-10-20-19(26)21-18-14(2)22-23(15(18)3)13-16-8-6-9-17(12-16)24-4/h6,8-9,12H,5,7,10-11,13H2,1-4H3,(H2,20,21,26). The molecule has 0 aliphatic carbocycles. The number of thiocarbonyl (C=S) groups is 1. The number of nitrogens with zero attached hydrogens (tertiary/aromatic N) is 2. The molecule has 0 atom stereocenters. The summed E-state index contributed by atoms with van der Waals surface area (Å²) in [5.41, 5.74) is 4.06. The number of ether oxygens (including phenoxy) is 2. The van der Waals surface area contributed by atoms with Crippen molar-refractivity contribution >= 4 is 23.0 Å². The summed E-state index contributed by atoms with van der Waals surface area (Å²) in [7, 11) is 1.67. The first-order chi connectivity index (χ1) is 12.5. The van der Waals surface area contributed by atoms with E-state index in [1.165, 1.54) is 0 Å². The quantitative estimate of drug-likeness (QED) is 0.517. The zero-order valence-electron chi connectivity index (χ0n) is 16.0. The molecule has 6 nitrogen and oxygen atoms in total. The van der Waals surface area contributed by atoms with Crippen LogP contribution in [0.25, 0.3) is 0 Å². The highest BCUT2D eigenvalue weighted by molar-refractivity contribution is 7.80. The Kier molecular flexibility index (Phi) is 7.87. The highest BCUT2D eigenvalue weighted by Gasteiger charge is 2.13. The maximum atomic E-state index is 5.39. The van der Waals surface area contributed by atoms with Crippen LogP contribution in [0.5, 0.6) is 5.75 Å². The molecule has 1 aromatic carbocycles. The van der Waals surface area contributed by atoms with Gasteiger partial charge in [-0.25, -0.2) is 0 Å². The molecule has 0 radical (unpaired) electrons. The monoisotopic (exact) mass is 376 g/mol. The van der Waals surface area contributed by atoms with Gasteiger partial charge in [0.2, 0.25) is 0 Å². The fourth-order valence-electron chi connectivity index (χ4n) is 2.65. The number of methoxy groups -OCH3 is 1. The van der Waals surface area contributed by atoms with Crippen LogP contribution in [0.4, 0.5) is 5.69 Å². The summed E-state index contributed by atoms with van der Waals surface area (Å²) in [5.74, 6) is 0.847. The number of rotatable bonds is 9. The third-order valence-corrected chi connectivity index (χ3v) is 4.29. The molecule has 0 saturated carbocycles. The topological polar surface area (TPSA) is 60.3 Å². The minimum Gasteiger partial charge on any atom is -0.497 e. The van der Waals surface area contributed by atoms with Gasteiger partial charge in [0.25, 0.3) is 0 Å². The predicted molar refractivity (Wildman–Crippen MR) is 109 cm³/mol. The summed E-state index contributed by atoms with van der Waals surface area (Å²) in [6, 6.07) is 8.01. The number of aromatic nitrogens is 2. The minimum atomic E-state index is 0.605. The number of anilines is 1. The molecule has 2 rings (SSSR count). The molecule has 7 heteroatoms. The summed E-state index contributed by atoms with van der Waals surface area (Å²) >= 11 is 5.39. The molecule has 0 amide bonds. The van der Waals surface area contributed by atoms with E-state index in [1.807, 2.05) is 43.7 Å². The van der Waals surface area contributed by atoms with Crippen molar-refractivity contribution in [2.75, 3.05) is 32.2 Å². The second-order valence-electron chi connectivity index (χ2n) is 5.99. The Morgan fingerprint density at radius 2 is 2.12 bits per heavy atom. The average molecular weight is 377 g/mol. The van der Waals surface area contributed by atoms with E-state index < -0.39 is 0 Å². The van der Waals surface area contributed by atoms with E-state index in [-0.39, 0.29) is 0 Å². The van der Waals surface area contributed by atoms with Gasteiger partial charge in [-0.05, 0) is 57.1 Å². The van der Waals surface area contributed by atoms with Crippen molar-refractivity contribution in [3.8, 4) is 5.75 Å². The molecule has 142 valence electrons. The van der Waals surface area contributed by atoms with Crippen LogP contribution in [-0.4, -0.2) is 41.8 Å². The molecule has 26 heavy (non-hydrogen) atoms. The van der Waals surface area contributed by atoms with Crippen molar-refractivity contribution in [1.82, 2.24) is 15.1 Å². The van der Waals surface area contributed by atoms with Crippen molar-refractivity contribution in [3.05, 3.63) is 41.2 Å². The van der Waals surface area contributed by atoms with E-state index in [2.05, 4.69) is 21.8 Å². The molecule has 2 aromatic rings. The Morgan fingerprint density at radius 3 is 2.85 bits per heavy atom. The first-order valence-electron chi connectivity index (χ1n) is 8.84. The van der Waals surface area contributed by atoms with Gasteiger partial charge in [0.15, 0.2) is 5.11 Å². The number of aryl methyl sites for hydroxylation is 1. The molecule has 0 spiro atoms. The fourth-order valence-corrected chi connectivity index (χ4v) is 2.86. The van der Waals surface area contributed by atoms with E-state index in [9.17, 15) is 0 Å². The molecule has 2 N–H and O–H groups in total. The van der Waals surface area contributed by atoms with E-state index in [0.29, 0.717) is 11.7 Å². The average Bonchev–Trinajstić information content (AvgIpc) is 2.89. The van der Waals surface area contributed by atoms with Crippen molar-refractivity contribution in [2.45, 2.75) is 33.7 Å². The van der Waals surface area contributed by atoms with E-state index >= 15 is 0 Å². The molecular weight excluding hydrogens is 348 g/mol. The summed E-state index contributed by atoms with van der Waals surface area (Å²) in [5, 5.41) is 11.7. The van der Waals surface area contributed by atoms with E-state index in [0.717, 1.165) is 54.6 Å². The van der Waals surface area contributed by atoms with Crippen LogP contribution >= 0.6 is 12.2 Å². The zero-order valence-corrected chi connectivity index (χ0v) is 16.8. The second kappa shape index (κ2) is 10.1. The summed E-state index contributed by atoms with van der Waals surface area (Å²) in [4.78, 5) is 0. The number of hydrogen-bond acceptors (Lipinski definition) is 4. The maximum absolute atomic E-state index is 5.39. The molecule has 0 saturated heterocycles. The summed E-state index contributed by atoms with van der Waals surface area (Å²) in [6.45, 7) is 8.96. The van der Waals surface area contributed by atoms with E-state index in [4.69, 9.17) is 21.7 Å². The van der Waals surface area contributed by atoms with Crippen LogP contribution in [0.15, 0.2) is 24.3 Å². The van der Waals surface area contributed by atoms with Crippen molar-refractivity contribution in [2.24, 2.45) is 0 Å². The van der Waals surface area contributed by atoms with Crippen LogP contribution in [0.3, 0.4) is 0 Å². The van der Waals surface area contributed by atoms with E-state index in [1.54, 1.807) is 7.11 Å². The normalized spacial score (nSPS) is 10.6. The number of nitrogens with one attached hydrogen (secondary N) is 2. The molecule has 0 fully saturated rings. The van der Waals surface area contributed by atoms with Gasteiger partial charge < -0.3 is 20.1 Å². The minimum absolute atomic E-state index is 0.605. The highest BCUT2D eigenvalue weighted by Crippen LogP contribution is 2.21. The molecule has 1 aromatic heterocycles. The van der Waals surface area contributed by atoms with Gasteiger partial charge in [-0.2, -0.15) is 5.10 Å². The van der Waals surface area contributed by atoms with Crippen LogP contribution in [0.2, 0.25) is 0 Å². The predicted octanol–water partition coefficient (Wildman–Crippen LogP) is 3.27. The third-order valence-electron chi connectivity index (χ3n) is 4.04. The second-order valence-corrected chi connectivity index (χ2v) is 6.39. The molecule has 0 aliphatic rings. The Bertz CT molecular complexity index is 730. The van der Waals surface area contributed by atoms with Gasteiger partial charge in [-0.15, -0.1) is 0 Å². The maximum Gasteiger partial charge on any atom is 0.170 e. The van der Waals surface area contributed by atoms with Gasteiger partial charge in [0.05, 0.1) is 30.7 Å². The molecular formula is C19H28N4O2S. The lowest BCUT2D eigenvalue weighted by Crippen LogP contribution is -2.30. The molecule has 0 bridgehead atoms. The van der Waals surface area contributed by atoms with Crippen LogP contribution < -0.4 is 15.4 Å². The fraction of sp³-hybridized carbons (Fsp3) is 0.474.